The maximum absolute atomic E-state index is 11.7. The van der Waals surface area contributed by atoms with Crippen molar-refractivity contribution in [3.8, 4) is 0 Å². The monoisotopic (exact) mass is 353 g/mol. The van der Waals surface area contributed by atoms with Crippen molar-refractivity contribution in [1.82, 2.24) is 4.90 Å². The normalized spacial score (nSPS) is 20.8. The number of aryl methyl sites for hydroxylation is 1. The van der Waals surface area contributed by atoms with Crippen molar-refractivity contribution in [1.29, 1.82) is 0 Å². The molecule has 3 rings (SSSR count). The summed E-state index contributed by atoms with van der Waals surface area (Å²) in [5.41, 5.74) is 1.92. The van der Waals surface area contributed by atoms with Gasteiger partial charge in [-0.25, -0.2) is 4.79 Å². The van der Waals surface area contributed by atoms with Crippen LogP contribution in [0.3, 0.4) is 0 Å². The summed E-state index contributed by atoms with van der Waals surface area (Å²) in [6.45, 7) is 1.00. The average Bonchev–Trinajstić information content (AvgIpc) is 2.67. The predicted octanol–water partition coefficient (Wildman–Crippen LogP) is 5.19. The number of carboxylic acid groups (broad SMARTS) is 1. The number of hydrogen-bond donors (Lipinski definition) is 1. The maximum Gasteiger partial charge on any atom is 0.333 e. The van der Waals surface area contributed by atoms with Crippen LogP contribution in [0.4, 0.5) is 0 Å². The van der Waals surface area contributed by atoms with Gasteiger partial charge in [-0.3, -0.25) is 0 Å². The van der Waals surface area contributed by atoms with Gasteiger partial charge >= 0.3 is 5.97 Å². The average molecular weight is 354 g/mol. The van der Waals surface area contributed by atoms with Crippen LogP contribution in [0.5, 0.6) is 0 Å². The van der Waals surface area contributed by atoms with Crippen molar-refractivity contribution >= 4 is 5.97 Å². The third kappa shape index (κ3) is 5.23. The molecule has 140 valence electrons. The molecule has 0 radical (unpaired) electrons. The molecule has 0 bridgehead atoms. The first-order valence-corrected chi connectivity index (χ1v) is 10.2. The van der Waals surface area contributed by atoms with Crippen LogP contribution in [0.2, 0.25) is 0 Å². The number of rotatable bonds is 8. The molecule has 1 N–H and O–H groups in total. The molecule has 0 aromatic heterocycles. The Hall–Kier alpha value is -2.03. The first kappa shape index (κ1) is 18.8. The van der Waals surface area contributed by atoms with E-state index in [0.717, 1.165) is 32.2 Å². The highest BCUT2D eigenvalue weighted by Crippen LogP contribution is 2.29. The number of nitrogens with zero attached hydrogens (tertiary/aromatic N) is 1. The van der Waals surface area contributed by atoms with E-state index >= 15 is 0 Å². The Morgan fingerprint density at radius 2 is 1.85 bits per heavy atom. The lowest BCUT2D eigenvalue weighted by Gasteiger charge is -2.37. The second-order valence-corrected chi connectivity index (χ2v) is 7.72. The minimum Gasteiger partial charge on any atom is -0.478 e. The van der Waals surface area contributed by atoms with Crippen molar-refractivity contribution in [2.75, 3.05) is 6.54 Å². The molecule has 1 unspecified atom stereocenters. The Balaban J connectivity index is 1.56. The fraction of sp³-hybridized carbons (Fsp3) is 0.522. The summed E-state index contributed by atoms with van der Waals surface area (Å²) in [5.74, 6) is -0.0515. The van der Waals surface area contributed by atoms with Gasteiger partial charge in [0.25, 0.3) is 0 Å². The molecule has 1 aliphatic heterocycles. The first-order chi connectivity index (χ1) is 12.7. The minimum atomic E-state index is -0.768. The zero-order valence-electron chi connectivity index (χ0n) is 15.6. The molecule has 1 aromatic carbocycles. The highest BCUT2D eigenvalue weighted by Gasteiger charge is 2.28. The quantitative estimate of drug-likeness (QED) is 0.654. The Morgan fingerprint density at radius 1 is 1.08 bits per heavy atom. The number of carbonyl (C=O) groups is 1. The molecule has 1 aliphatic carbocycles. The summed E-state index contributed by atoms with van der Waals surface area (Å²) in [6, 6.07) is 10.6. The van der Waals surface area contributed by atoms with Crippen LogP contribution in [-0.4, -0.2) is 28.6 Å². The molecule has 3 nitrogen and oxygen atoms in total. The largest absolute Gasteiger partial charge is 0.478 e. The van der Waals surface area contributed by atoms with E-state index < -0.39 is 5.97 Å². The molecule has 1 fully saturated rings. The fourth-order valence-electron chi connectivity index (χ4n) is 4.35. The van der Waals surface area contributed by atoms with E-state index in [1.807, 2.05) is 12.1 Å². The smallest absolute Gasteiger partial charge is 0.333 e. The molecule has 1 aromatic rings. The third-order valence-corrected chi connectivity index (χ3v) is 5.79. The molecule has 1 heterocycles. The van der Waals surface area contributed by atoms with Crippen molar-refractivity contribution in [3.63, 3.8) is 0 Å². The van der Waals surface area contributed by atoms with Crippen LogP contribution in [0.25, 0.3) is 0 Å². The lowest BCUT2D eigenvalue weighted by Crippen LogP contribution is -2.40. The lowest BCUT2D eigenvalue weighted by atomic mass is 9.87. The minimum absolute atomic E-state index is 0.0233. The van der Waals surface area contributed by atoms with Gasteiger partial charge in [0.15, 0.2) is 0 Å². The Kier molecular flexibility index (Phi) is 6.93. The van der Waals surface area contributed by atoms with E-state index in [4.69, 9.17) is 0 Å². The highest BCUT2D eigenvalue weighted by atomic mass is 16.4. The summed E-state index contributed by atoms with van der Waals surface area (Å²) >= 11 is 0. The third-order valence-electron chi connectivity index (χ3n) is 5.79. The van der Waals surface area contributed by atoms with Gasteiger partial charge in [-0.05, 0) is 61.9 Å². The van der Waals surface area contributed by atoms with Gasteiger partial charge in [0, 0.05) is 6.54 Å². The van der Waals surface area contributed by atoms with Gasteiger partial charge in [0.2, 0.25) is 0 Å². The Bertz CT molecular complexity index is 629. The zero-order chi connectivity index (χ0) is 18.2. The molecule has 3 heteroatoms. The number of aliphatic carboxylic acids is 1. The van der Waals surface area contributed by atoms with Gasteiger partial charge in [-0.1, -0.05) is 56.0 Å². The van der Waals surface area contributed by atoms with Crippen molar-refractivity contribution in [2.24, 2.45) is 5.92 Å². The summed E-state index contributed by atoms with van der Waals surface area (Å²) < 4.78 is 0. The van der Waals surface area contributed by atoms with Crippen molar-refractivity contribution < 1.29 is 9.90 Å². The zero-order valence-corrected chi connectivity index (χ0v) is 15.6. The molecule has 0 spiro atoms. The number of allylic oxidation sites excluding steroid dienone is 2. The van der Waals surface area contributed by atoms with E-state index in [2.05, 4.69) is 35.4 Å². The summed E-state index contributed by atoms with van der Waals surface area (Å²) in [4.78, 5) is 14.0. The van der Waals surface area contributed by atoms with Crippen LogP contribution in [0.15, 0.2) is 54.3 Å². The fourth-order valence-corrected chi connectivity index (χ4v) is 4.35. The van der Waals surface area contributed by atoms with Crippen LogP contribution in [-0.2, 0) is 11.2 Å². The van der Waals surface area contributed by atoms with Crippen molar-refractivity contribution in [3.05, 3.63) is 59.8 Å². The van der Waals surface area contributed by atoms with Gasteiger partial charge in [-0.15, -0.1) is 0 Å². The van der Waals surface area contributed by atoms with E-state index in [0.29, 0.717) is 11.5 Å². The van der Waals surface area contributed by atoms with Gasteiger partial charge in [-0.2, -0.15) is 0 Å². The number of hydrogen-bond acceptors (Lipinski definition) is 2. The Morgan fingerprint density at radius 3 is 2.58 bits per heavy atom. The standard InChI is InChI=1S/C23H31NO2/c25-23(26)21-15-9-17-24(18-20-13-5-2-6-14-20)22(21)16-8-7-12-19-10-3-1-4-11-19/h1,3-4,9-11,15,17,20,22H,2,5-8,12-14,16,18H2,(H,25,26). The highest BCUT2D eigenvalue weighted by molar-refractivity contribution is 5.88. The van der Waals surface area contributed by atoms with E-state index in [1.165, 1.54) is 37.7 Å². The summed E-state index contributed by atoms with van der Waals surface area (Å²) in [7, 11) is 0. The van der Waals surface area contributed by atoms with E-state index in [-0.39, 0.29) is 6.04 Å². The lowest BCUT2D eigenvalue weighted by molar-refractivity contribution is -0.133. The topological polar surface area (TPSA) is 40.5 Å². The molecule has 1 saturated carbocycles. The molecule has 0 saturated heterocycles. The van der Waals surface area contributed by atoms with Crippen LogP contribution in [0, 0.1) is 5.92 Å². The second kappa shape index (κ2) is 9.61. The molecule has 26 heavy (non-hydrogen) atoms. The Labute approximate surface area is 157 Å². The number of benzene rings is 1. The summed E-state index contributed by atoms with van der Waals surface area (Å²) in [5, 5.41) is 9.64. The predicted molar refractivity (Wildman–Crippen MR) is 106 cm³/mol. The molecular weight excluding hydrogens is 322 g/mol. The summed E-state index contributed by atoms with van der Waals surface area (Å²) in [6.07, 6.45) is 16.5. The number of unbranched alkanes of at least 4 members (excludes halogenated alkanes) is 1. The van der Waals surface area contributed by atoms with Gasteiger partial charge < -0.3 is 10.0 Å². The maximum atomic E-state index is 11.7. The van der Waals surface area contributed by atoms with Crippen LogP contribution in [0.1, 0.15) is 56.9 Å². The number of carboxylic acids is 1. The molecule has 1 atom stereocenters. The second-order valence-electron chi connectivity index (χ2n) is 7.72. The van der Waals surface area contributed by atoms with Crippen LogP contribution < -0.4 is 0 Å². The molecular formula is C23H31NO2. The SMILES string of the molecule is O=C(O)C1=CC=CN(CC2CCCCC2)C1CCCCc1ccccc1. The van der Waals surface area contributed by atoms with E-state index in [9.17, 15) is 9.90 Å². The molecule has 2 aliphatic rings. The van der Waals surface area contributed by atoms with Gasteiger partial charge in [0.1, 0.15) is 0 Å². The van der Waals surface area contributed by atoms with Crippen molar-refractivity contribution in [2.45, 2.75) is 63.8 Å². The van der Waals surface area contributed by atoms with E-state index in [1.54, 1.807) is 6.08 Å². The molecule has 0 amide bonds. The van der Waals surface area contributed by atoms with Crippen LogP contribution >= 0.6 is 0 Å². The first-order valence-electron chi connectivity index (χ1n) is 10.2. The van der Waals surface area contributed by atoms with Gasteiger partial charge in [0.05, 0.1) is 11.6 Å².